The molecule has 50 heavy (non-hydrogen) atoms. The van der Waals surface area contributed by atoms with E-state index in [0.717, 1.165) is 22.5 Å². The molecule has 1 aliphatic rings. The molecular weight excluding hydrogens is 690 g/mol. The number of hydrogen-bond acceptors (Lipinski definition) is 17. The number of ether oxygens (including phenoxy) is 2. The average molecular weight is 718 g/mol. The summed E-state index contributed by atoms with van der Waals surface area (Å²) < 4.78 is 15.7. The van der Waals surface area contributed by atoms with Gasteiger partial charge in [-0.3, -0.25) is 35.1 Å². The van der Waals surface area contributed by atoms with Gasteiger partial charge in [-0.15, -0.1) is 0 Å². The van der Waals surface area contributed by atoms with E-state index in [1.54, 1.807) is 26.0 Å². The molecule has 0 saturated carbocycles. The lowest BCUT2D eigenvalue weighted by Gasteiger charge is -2.07. The highest BCUT2D eigenvalue weighted by molar-refractivity contribution is 7.18. The number of cyclic esters (lactones) is 1. The Morgan fingerprint density at radius 2 is 1.84 bits per heavy atom. The number of hydrazone groups is 1. The lowest BCUT2D eigenvalue weighted by atomic mass is 10.2. The Hall–Kier alpha value is -6.62. The van der Waals surface area contributed by atoms with Gasteiger partial charge in [0.15, 0.2) is 16.7 Å². The first-order valence-corrected chi connectivity index (χ1v) is 14.7. The fourth-order valence-electron chi connectivity index (χ4n) is 3.69. The van der Waals surface area contributed by atoms with Crippen molar-refractivity contribution in [1.82, 2.24) is 19.5 Å². The summed E-state index contributed by atoms with van der Waals surface area (Å²) in [6.07, 6.45) is 2.30. The predicted molar refractivity (Wildman–Crippen MR) is 171 cm³/mol. The van der Waals surface area contributed by atoms with E-state index in [0.29, 0.717) is 12.4 Å². The van der Waals surface area contributed by atoms with E-state index in [1.807, 2.05) is 0 Å². The summed E-state index contributed by atoms with van der Waals surface area (Å²) >= 11 is 0.734. The first kappa shape index (κ1) is 37.8. The van der Waals surface area contributed by atoms with Crippen molar-refractivity contribution in [3.63, 3.8) is 0 Å². The highest BCUT2D eigenvalue weighted by atomic mass is 32.1. The molecular formula is C27H27N9O13S. The second-order valence-corrected chi connectivity index (χ2v) is 10.6. The van der Waals surface area contributed by atoms with Gasteiger partial charge in [-0.1, -0.05) is 12.1 Å². The van der Waals surface area contributed by atoms with Crippen molar-refractivity contribution in [3.8, 4) is 5.75 Å². The second-order valence-electron chi connectivity index (χ2n) is 9.60. The predicted octanol–water partition coefficient (Wildman–Crippen LogP) is 3.68. The molecule has 0 spiro atoms. The highest BCUT2D eigenvalue weighted by Gasteiger charge is 2.22. The Morgan fingerprint density at radius 3 is 2.40 bits per heavy atom. The third-order valence-corrected chi connectivity index (χ3v) is 6.67. The van der Waals surface area contributed by atoms with Gasteiger partial charge < -0.3 is 29.1 Å². The molecule has 1 fully saturated rings. The molecule has 1 atom stereocenters. The fourth-order valence-corrected chi connectivity index (χ4v) is 4.32. The summed E-state index contributed by atoms with van der Waals surface area (Å²) in [6.45, 7) is 5.30. The van der Waals surface area contributed by atoms with Crippen LogP contribution in [0, 0.1) is 37.3 Å². The number of aryl methyl sites for hydroxylation is 1. The first-order valence-electron chi connectivity index (χ1n) is 13.9. The van der Waals surface area contributed by atoms with Crippen LogP contribution in [-0.4, -0.2) is 82.9 Å². The van der Waals surface area contributed by atoms with Gasteiger partial charge in [0.05, 0.1) is 35.4 Å². The van der Waals surface area contributed by atoms with E-state index in [9.17, 15) is 44.7 Å². The van der Waals surface area contributed by atoms with Crippen LogP contribution in [0.2, 0.25) is 0 Å². The summed E-state index contributed by atoms with van der Waals surface area (Å²) in [4.78, 5) is 71.1. The number of aliphatic hydroxyl groups excluding tert-OH is 1. The molecule has 4 aromatic rings. The van der Waals surface area contributed by atoms with Crippen molar-refractivity contribution in [2.45, 2.75) is 33.4 Å². The molecule has 2 amide bonds. The number of anilines is 1. The zero-order chi connectivity index (χ0) is 37.0. The SMILES string of the molecule is CC(=O)Oc1ccccc1C(=O)Nc1ncc([N+](=O)[O-])s1.Cc1ncc([N+](=O)[O-])n1CC(C)O.O=C1OCCN1/N=C/c1ccc([N+](=O)[O-])o1. The van der Waals surface area contributed by atoms with Crippen LogP contribution in [0.25, 0.3) is 0 Å². The molecule has 4 heterocycles. The Morgan fingerprint density at radius 1 is 1.12 bits per heavy atom. The Balaban J connectivity index is 0.000000209. The Labute approximate surface area is 284 Å². The maximum atomic E-state index is 12.1. The molecule has 0 bridgehead atoms. The largest absolute Gasteiger partial charge is 0.446 e. The summed E-state index contributed by atoms with van der Waals surface area (Å²) in [5, 5.41) is 47.6. The van der Waals surface area contributed by atoms with Gasteiger partial charge in [0.25, 0.3) is 5.91 Å². The number of hydrogen-bond donors (Lipinski definition) is 2. The van der Waals surface area contributed by atoms with Crippen LogP contribution in [0.15, 0.2) is 58.3 Å². The molecule has 0 radical (unpaired) electrons. The minimum atomic E-state index is -0.651. The number of carbonyl (C=O) groups is 3. The zero-order valence-corrected chi connectivity index (χ0v) is 27.0. The molecule has 1 unspecified atom stereocenters. The average Bonchev–Trinajstić information content (AvgIpc) is 3.86. The summed E-state index contributed by atoms with van der Waals surface area (Å²) in [7, 11) is 0. The molecule has 22 nitrogen and oxygen atoms in total. The standard InChI is InChI=1S/C12H9N3O5S.C8H7N3O5.C7H11N3O3/c1-7(16)20-9-5-3-2-4-8(9)11(17)14-12-13-6-10(21-12)15(18)19;12-8-10(3-4-15-8)9-5-6-1-2-7(16-6)11(13)14;1-5(11)4-9-6(2)8-3-7(9)10(12)13/h2-6H,1H3,(H,13,14,17);1-2,5H,3-4H2;3,5,11H,4H2,1-2H3/b;9-5+;. The number of rotatable bonds is 10. The van der Waals surface area contributed by atoms with Crippen molar-refractivity contribution in [2.75, 3.05) is 18.5 Å². The van der Waals surface area contributed by atoms with E-state index in [4.69, 9.17) is 14.3 Å². The number of imidazole rings is 1. The summed E-state index contributed by atoms with van der Waals surface area (Å²) in [6, 6.07) is 8.76. The van der Waals surface area contributed by atoms with E-state index in [-0.39, 0.29) is 52.1 Å². The molecule has 1 aliphatic heterocycles. The zero-order valence-electron chi connectivity index (χ0n) is 26.2. The minimum absolute atomic E-state index is 0.0848. The van der Waals surface area contributed by atoms with E-state index in [2.05, 4.69) is 25.1 Å². The van der Waals surface area contributed by atoms with Gasteiger partial charge >= 0.3 is 28.8 Å². The number of aliphatic hydroxyl groups is 1. The topological polar surface area (TPSA) is 291 Å². The number of carbonyl (C=O) groups excluding carboxylic acids is 3. The summed E-state index contributed by atoms with van der Waals surface area (Å²) in [5.74, 6) is -0.743. The molecule has 1 saturated heterocycles. The van der Waals surface area contributed by atoms with Gasteiger partial charge in [0, 0.05) is 13.8 Å². The third-order valence-electron chi connectivity index (χ3n) is 5.80. The van der Waals surface area contributed by atoms with Crippen molar-refractivity contribution >= 4 is 57.4 Å². The van der Waals surface area contributed by atoms with E-state index < -0.39 is 38.8 Å². The van der Waals surface area contributed by atoms with Gasteiger partial charge in [-0.05, 0) is 41.4 Å². The second kappa shape index (κ2) is 17.5. The van der Waals surface area contributed by atoms with Crippen LogP contribution in [0.4, 0.5) is 26.6 Å². The lowest BCUT2D eigenvalue weighted by molar-refractivity contribution is -0.402. The molecule has 264 valence electrons. The first-order chi connectivity index (χ1) is 23.7. The van der Waals surface area contributed by atoms with Crippen molar-refractivity contribution in [3.05, 3.63) is 96.3 Å². The monoisotopic (exact) mass is 717 g/mol. The number of amides is 2. The number of nitro groups is 3. The van der Waals surface area contributed by atoms with Crippen molar-refractivity contribution < 1.29 is 48.2 Å². The number of nitrogens with zero attached hydrogens (tertiary/aromatic N) is 8. The number of furan rings is 1. The van der Waals surface area contributed by atoms with Gasteiger partial charge in [0.2, 0.25) is 0 Å². The quantitative estimate of drug-likeness (QED) is 0.0777. The van der Waals surface area contributed by atoms with E-state index >= 15 is 0 Å². The smallest absolute Gasteiger partial charge is 0.433 e. The third kappa shape index (κ3) is 11.0. The van der Waals surface area contributed by atoms with Gasteiger partial charge in [0.1, 0.15) is 36.2 Å². The maximum Gasteiger partial charge on any atom is 0.433 e. The minimum Gasteiger partial charge on any atom is -0.446 e. The van der Waals surface area contributed by atoms with Crippen molar-refractivity contribution in [1.29, 1.82) is 0 Å². The van der Waals surface area contributed by atoms with E-state index in [1.165, 1.54) is 48.2 Å². The van der Waals surface area contributed by atoms with Crippen LogP contribution in [-0.2, 0) is 16.1 Å². The molecule has 2 N–H and O–H groups in total. The molecule has 23 heteroatoms. The summed E-state index contributed by atoms with van der Waals surface area (Å²) in [5.41, 5.74) is 0.130. The number of para-hydroxylation sites is 1. The van der Waals surface area contributed by atoms with Crippen LogP contribution in [0.5, 0.6) is 5.75 Å². The number of aromatic nitrogens is 3. The lowest BCUT2D eigenvalue weighted by Crippen LogP contribution is -2.17. The molecule has 5 rings (SSSR count). The van der Waals surface area contributed by atoms with Crippen molar-refractivity contribution in [2.24, 2.45) is 5.10 Å². The molecule has 0 aliphatic carbocycles. The van der Waals surface area contributed by atoms with Crippen LogP contribution in [0.1, 0.15) is 35.8 Å². The fraction of sp³-hybridized carbons (Fsp3) is 0.259. The van der Waals surface area contributed by atoms with Crippen LogP contribution < -0.4 is 10.1 Å². The highest BCUT2D eigenvalue weighted by Crippen LogP contribution is 2.26. The molecule has 3 aromatic heterocycles. The Bertz CT molecular complexity index is 1900. The number of esters is 1. The van der Waals surface area contributed by atoms with Gasteiger partial charge in [-0.25, -0.2) is 19.3 Å². The molecule has 1 aromatic carbocycles. The normalized spacial score (nSPS) is 12.6. The number of nitrogens with one attached hydrogen (secondary N) is 1. The van der Waals surface area contributed by atoms with Gasteiger partial charge in [-0.2, -0.15) is 10.1 Å². The maximum absolute atomic E-state index is 12.1. The van der Waals surface area contributed by atoms with Crippen LogP contribution in [0.3, 0.4) is 0 Å². The van der Waals surface area contributed by atoms with Crippen LogP contribution >= 0.6 is 11.3 Å². The number of benzene rings is 1. The Kier molecular flexibility index (Phi) is 13.2. The number of thiazole rings is 1.